The lowest BCUT2D eigenvalue weighted by Gasteiger charge is -2.04. The second-order valence-electron chi connectivity index (χ2n) is 4.73. The number of fused-ring (bicyclic) bond motifs is 1. The minimum absolute atomic E-state index is 0.0755. The lowest BCUT2D eigenvalue weighted by molar-refractivity contribution is -0.114. The number of aromatic nitrogens is 1. The molecule has 0 bridgehead atoms. The van der Waals surface area contributed by atoms with Crippen molar-refractivity contribution in [2.24, 2.45) is 0 Å². The van der Waals surface area contributed by atoms with E-state index in [2.05, 4.69) is 4.98 Å². The van der Waals surface area contributed by atoms with Crippen LogP contribution in [0.4, 0.5) is 0 Å². The Kier molecular flexibility index (Phi) is 4.41. The number of hydrogen-bond donors (Lipinski definition) is 1. The van der Waals surface area contributed by atoms with Crippen molar-refractivity contribution in [2.75, 3.05) is 6.79 Å². The molecule has 2 aromatic rings. The fourth-order valence-corrected chi connectivity index (χ4v) is 3.17. The number of pyridine rings is 1. The largest absolute Gasteiger partial charge is 0.454 e. The second-order valence-corrected chi connectivity index (χ2v) is 6.82. The van der Waals surface area contributed by atoms with Crippen LogP contribution in [0.25, 0.3) is 6.08 Å². The highest BCUT2D eigenvalue weighted by Crippen LogP contribution is 2.40. The highest BCUT2D eigenvalue weighted by molar-refractivity contribution is 7.90. The fourth-order valence-electron chi connectivity index (χ4n) is 1.99. The molecule has 0 spiro atoms. The third-order valence-electron chi connectivity index (χ3n) is 3.06. The first-order valence-electron chi connectivity index (χ1n) is 6.70. The standard InChI is InChI=1S/C15H11ClN2O5S/c16-12-6-10(7-13-15(12)23-9-22-13)3-4-14(19)18-24(20,21)11-2-1-5-17-8-11/h1-8H,9H2,(H,18,19)/b4-3-. The summed E-state index contributed by atoms with van der Waals surface area (Å²) >= 11 is 6.03. The van der Waals surface area contributed by atoms with Gasteiger partial charge in [0.1, 0.15) is 4.90 Å². The van der Waals surface area contributed by atoms with Crippen LogP contribution in [0.2, 0.25) is 5.02 Å². The molecule has 0 saturated heterocycles. The van der Waals surface area contributed by atoms with Crippen molar-refractivity contribution in [2.45, 2.75) is 4.90 Å². The van der Waals surface area contributed by atoms with E-state index in [1.807, 2.05) is 4.72 Å². The van der Waals surface area contributed by atoms with Crippen molar-refractivity contribution in [3.05, 3.63) is 53.3 Å². The molecule has 1 aromatic carbocycles. The molecule has 1 N–H and O–H groups in total. The lowest BCUT2D eigenvalue weighted by Crippen LogP contribution is -2.29. The highest BCUT2D eigenvalue weighted by Gasteiger charge is 2.18. The van der Waals surface area contributed by atoms with Crippen molar-refractivity contribution < 1.29 is 22.7 Å². The van der Waals surface area contributed by atoms with Gasteiger partial charge in [0, 0.05) is 18.5 Å². The van der Waals surface area contributed by atoms with Gasteiger partial charge in [-0.25, -0.2) is 13.1 Å². The number of sulfonamides is 1. The summed E-state index contributed by atoms with van der Waals surface area (Å²) in [4.78, 5) is 15.4. The zero-order chi connectivity index (χ0) is 17.2. The average Bonchev–Trinajstić information content (AvgIpc) is 3.02. The fraction of sp³-hybridized carbons (Fsp3) is 0.0667. The van der Waals surface area contributed by atoms with Crippen LogP contribution < -0.4 is 14.2 Å². The Morgan fingerprint density at radius 2 is 2.17 bits per heavy atom. The van der Waals surface area contributed by atoms with Crippen LogP contribution in [0.1, 0.15) is 5.56 Å². The molecular weight excluding hydrogens is 356 g/mol. The third-order valence-corrected chi connectivity index (χ3v) is 4.67. The van der Waals surface area contributed by atoms with Gasteiger partial charge >= 0.3 is 0 Å². The summed E-state index contributed by atoms with van der Waals surface area (Å²) in [6.45, 7) is 0.0755. The first kappa shape index (κ1) is 16.3. The molecule has 3 rings (SSSR count). The van der Waals surface area contributed by atoms with Gasteiger partial charge in [-0.1, -0.05) is 11.6 Å². The predicted molar refractivity (Wildman–Crippen MR) is 86.2 cm³/mol. The van der Waals surface area contributed by atoms with Crippen LogP contribution in [0.3, 0.4) is 0 Å². The van der Waals surface area contributed by atoms with Crippen LogP contribution in [-0.4, -0.2) is 26.1 Å². The molecule has 0 fully saturated rings. The summed E-state index contributed by atoms with van der Waals surface area (Å²) in [5, 5.41) is 0.341. The topological polar surface area (TPSA) is 94.6 Å². The number of benzene rings is 1. The monoisotopic (exact) mass is 366 g/mol. The van der Waals surface area contributed by atoms with E-state index < -0.39 is 15.9 Å². The van der Waals surface area contributed by atoms with Gasteiger partial charge in [0.25, 0.3) is 15.9 Å². The molecule has 2 heterocycles. The number of carbonyl (C=O) groups is 1. The Morgan fingerprint density at radius 1 is 1.33 bits per heavy atom. The van der Waals surface area contributed by atoms with E-state index in [4.69, 9.17) is 21.1 Å². The van der Waals surface area contributed by atoms with Gasteiger partial charge in [-0.2, -0.15) is 0 Å². The number of carbonyl (C=O) groups excluding carboxylic acids is 1. The summed E-state index contributed by atoms with van der Waals surface area (Å²) in [5.41, 5.74) is 0.568. The van der Waals surface area contributed by atoms with Gasteiger partial charge in [0.2, 0.25) is 6.79 Å². The molecule has 1 aliphatic rings. The number of hydrogen-bond acceptors (Lipinski definition) is 6. The first-order valence-corrected chi connectivity index (χ1v) is 8.56. The van der Waals surface area contributed by atoms with Gasteiger partial charge < -0.3 is 9.47 Å². The van der Waals surface area contributed by atoms with Crippen LogP contribution in [-0.2, 0) is 14.8 Å². The van der Waals surface area contributed by atoms with Crippen molar-refractivity contribution in [3.63, 3.8) is 0 Å². The third kappa shape index (κ3) is 3.50. The van der Waals surface area contributed by atoms with Crippen molar-refractivity contribution in [1.82, 2.24) is 9.71 Å². The Bertz CT molecular complexity index is 913. The van der Waals surface area contributed by atoms with E-state index in [9.17, 15) is 13.2 Å². The molecule has 7 nitrogen and oxygen atoms in total. The highest BCUT2D eigenvalue weighted by atomic mass is 35.5. The maximum absolute atomic E-state index is 12.0. The summed E-state index contributed by atoms with van der Waals surface area (Å²) in [6.07, 6.45) is 5.09. The number of nitrogens with zero attached hydrogens (tertiary/aromatic N) is 1. The normalized spacial score (nSPS) is 13.2. The first-order chi connectivity index (χ1) is 11.5. The molecule has 1 aliphatic heterocycles. The minimum Gasteiger partial charge on any atom is -0.454 e. The molecular formula is C15H11ClN2O5S. The summed E-state index contributed by atoms with van der Waals surface area (Å²) < 4.78 is 36.3. The lowest BCUT2D eigenvalue weighted by atomic mass is 10.2. The van der Waals surface area contributed by atoms with Gasteiger partial charge in [-0.15, -0.1) is 0 Å². The number of amides is 1. The van der Waals surface area contributed by atoms with Gasteiger partial charge in [-0.05, 0) is 35.9 Å². The molecule has 1 amide bonds. The quantitative estimate of drug-likeness (QED) is 0.831. The SMILES string of the molecule is O=C(/C=C\c1cc(Cl)c2c(c1)OCO2)NS(=O)(=O)c1cccnc1. The molecule has 0 atom stereocenters. The van der Waals surface area contributed by atoms with Gasteiger partial charge in [-0.3, -0.25) is 9.78 Å². The average molecular weight is 367 g/mol. The van der Waals surface area contributed by atoms with E-state index >= 15 is 0 Å². The summed E-state index contributed by atoms with van der Waals surface area (Å²) in [7, 11) is -3.97. The van der Waals surface area contributed by atoms with E-state index in [0.717, 1.165) is 12.3 Å². The van der Waals surface area contributed by atoms with E-state index in [1.54, 1.807) is 12.1 Å². The molecule has 124 valence electrons. The molecule has 1 aromatic heterocycles. The van der Waals surface area contributed by atoms with Gasteiger partial charge in [0.05, 0.1) is 5.02 Å². The summed E-state index contributed by atoms with van der Waals surface area (Å²) in [5.74, 6) is 0.107. The van der Waals surface area contributed by atoms with Crippen LogP contribution in [0, 0.1) is 0 Å². The molecule has 9 heteroatoms. The van der Waals surface area contributed by atoms with E-state index in [1.165, 1.54) is 24.4 Å². The zero-order valence-electron chi connectivity index (χ0n) is 12.1. The van der Waals surface area contributed by atoms with E-state index in [0.29, 0.717) is 22.1 Å². The van der Waals surface area contributed by atoms with Crippen LogP contribution >= 0.6 is 11.6 Å². The Balaban J connectivity index is 1.73. The maximum Gasteiger partial charge on any atom is 0.265 e. The van der Waals surface area contributed by atoms with Gasteiger partial charge in [0.15, 0.2) is 11.5 Å². The van der Waals surface area contributed by atoms with Crippen molar-refractivity contribution in [3.8, 4) is 11.5 Å². The number of rotatable bonds is 4. The smallest absolute Gasteiger partial charge is 0.265 e. The van der Waals surface area contributed by atoms with Crippen molar-refractivity contribution >= 4 is 33.6 Å². The summed E-state index contributed by atoms with van der Waals surface area (Å²) in [6, 6.07) is 6.01. The molecule has 0 aliphatic carbocycles. The number of nitrogens with one attached hydrogen (secondary N) is 1. The van der Waals surface area contributed by atoms with Crippen LogP contribution in [0.5, 0.6) is 11.5 Å². The Labute approximate surface area is 142 Å². The van der Waals surface area contributed by atoms with Crippen molar-refractivity contribution in [1.29, 1.82) is 0 Å². The second kappa shape index (κ2) is 6.50. The zero-order valence-corrected chi connectivity index (χ0v) is 13.7. The molecule has 24 heavy (non-hydrogen) atoms. The van der Waals surface area contributed by atoms with Crippen LogP contribution in [0.15, 0.2) is 47.6 Å². The maximum atomic E-state index is 12.0. The number of halogens is 1. The minimum atomic E-state index is -3.97. The molecule has 0 saturated carbocycles. The van der Waals surface area contributed by atoms with E-state index in [-0.39, 0.29) is 11.7 Å². The number of ether oxygens (including phenoxy) is 2. The molecule has 0 radical (unpaired) electrons. The Hall–Kier alpha value is -2.58. The Morgan fingerprint density at radius 3 is 2.92 bits per heavy atom. The predicted octanol–water partition coefficient (Wildman–Crippen LogP) is 1.98. The molecule has 0 unspecified atom stereocenters.